The number of aliphatic imine (C=N–C) groups is 1. The van der Waals surface area contributed by atoms with Gasteiger partial charge in [0, 0.05) is 27.9 Å². The highest BCUT2D eigenvalue weighted by molar-refractivity contribution is 6.31. The maximum atomic E-state index is 12.5. The van der Waals surface area contributed by atoms with Crippen LogP contribution in [-0.2, 0) is 4.79 Å². The van der Waals surface area contributed by atoms with Crippen LogP contribution in [0.25, 0.3) is 0 Å². The third-order valence-corrected chi connectivity index (χ3v) is 4.92. The highest BCUT2D eigenvalue weighted by atomic mass is 35.5. The van der Waals surface area contributed by atoms with E-state index in [1.165, 1.54) is 19.3 Å². The average Bonchev–Trinajstić information content (AvgIpc) is 2.64. The Morgan fingerprint density at radius 3 is 2.64 bits per heavy atom. The van der Waals surface area contributed by atoms with E-state index in [1.807, 2.05) is 18.2 Å². The summed E-state index contributed by atoms with van der Waals surface area (Å²) >= 11 is 6.20. The fraction of sp³-hybridized carbons (Fsp3) is 0.556. The lowest BCUT2D eigenvalue weighted by Gasteiger charge is -2.25. The Morgan fingerprint density at radius 2 is 1.95 bits per heavy atom. The number of benzodiazepines with no additional fused rings is 1. The Kier molecular flexibility index (Phi) is 4.53. The molecule has 118 valence electrons. The molecule has 1 aromatic carbocycles. The van der Waals surface area contributed by atoms with Crippen molar-refractivity contribution in [2.75, 3.05) is 5.32 Å². The highest BCUT2D eigenvalue weighted by Gasteiger charge is 2.31. The van der Waals surface area contributed by atoms with Gasteiger partial charge in [-0.2, -0.15) is 0 Å². The first-order valence-corrected chi connectivity index (χ1v) is 8.62. The van der Waals surface area contributed by atoms with E-state index in [4.69, 9.17) is 16.6 Å². The van der Waals surface area contributed by atoms with Gasteiger partial charge < -0.3 is 5.32 Å². The van der Waals surface area contributed by atoms with Crippen LogP contribution in [0.4, 0.5) is 5.69 Å². The molecule has 1 aromatic rings. The minimum Gasteiger partial charge on any atom is -0.324 e. The molecule has 1 amide bonds. The van der Waals surface area contributed by atoms with Gasteiger partial charge in [-0.05, 0) is 37.0 Å². The second kappa shape index (κ2) is 6.41. The molecule has 1 N–H and O–H groups in total. The van der Waals surface area contributed by atoms with E-state index in [0.717, 1.165) is 29.8 Å². The number of amides is 1. The normalized spacial score (nSPS) is 22.8. The molecule has 1 unspecified atom stereocenters. The Bertz CT molecular complexity index is 603. The zero-order chi connectivity index (χ0) is 15.7. The second-order valence-electron chi connectivity index (χ2n) is 6.72. The van der Waals surface area contributed by atoms with Gasteiger partial charge in [-0.15, -0.1) is 0 Å². The summed E-state index contributed by atoms with van der Waals surface area (Å²) in [5.41, 5.74) is 2.94. The third-order valence-electron chi connectivity index (χ3n) is 4.69. The van der Waals surface area contributed by atoms with Gasteiger partial charge in [0.25, 0.3) is 0 Å². The lowest BCUT2D eigenvalue weighted by atomic mass is 9.82. The van der Waals surface area contributed by atoms with Gasteiger partial charge in [-0.1, -0.05) is 44.7 Å². The molecule has 4 heteroatoms. The summed E-state index contributed by atoms with van der Waals surface area (Å²) in [6.45, 7) is 4.10. The van der Waals surface area contributed by atoms with Gasteiger partial charge in [0.1, 0.15) is 6.04 Å². The second-order valence-corrected chi connectivity index (χ2v) is 7.15. The van der Waals surface area contributed by atoms with Gasteiger partial charge in [-0.25, -0.2) is 0 Å². The van der Waals surface area contributed by atoms with Gasteiger partial charge in [0.2, 0.25) is 5.91 Å². The Balaban J connectivity index is 2.09. The molecule has 0 bridgehead atoms. The van der Waals surface area contributed by atoms with Crippen LogP contribution < -0.4 is 5.32 Å². The SMILES string of the molecule is CC(C)C1N=C(C2CCCCC2)c2cc(Cl)ccc2NC1=O. The first-order valence-electron chi connectivity index (χ1n) is 8.24. The quantitative estimate of drug-likeness (QED) is 0.844. The summed E-state index contributed by atoms with van der Waals surface area (Å²) in [5.74, 6) is 0.618. The molecule has 3 rings (SSSR count). The van der Waals surface area contributed by atoms with Crippen molar-refractivity contribution < 1.29 is 4.79 Å². The van der Waals surface area contributed by atoms with Gasteiger partial charge in [0.15, 0.2) is 0 Å². The first kappa shape index (κ1) is 15.5. The lowest BCUT2D eigenvalue weighted by Crippen LogP contribution is -2.30. The predicted octanol–water partition coefficient (Wildman–Crippen LogP) is 4.69. The molecule has 2 aliphatic rings. The highest BCUT2D eigenvalue weighted by Crippen LogP contribution is 2.34. The largest absolute Gasteiger partial charge is 0.324 e. The van der Waals surface area contributed by atoms with Crippen molar-refractivity contribution in [1.29, 1.82) is 0 Å². The summed E-state index contributed by atoms with van der Waals surface area (Å²) < 4.78 is 0. The Labute approximate surface area is 137 Å². The Hall–Kier alpha value is -1.35. The number of fused-ring (bicyclic) bond motifs is 1. The lowest BCUT2D eigenvalue weighted by molar-refractivity contribution is -0.118. The number of nitrogens with zero attached hydrogens (tertiary/aromatic N) is 1. The van der Waals surface area contributed by atoms with Crippen molar-refractivity contribution >= 4 is 28.9 Å². The average molecular weight is 319 g/mol. The summed E-state index contributed by atoms with van der Waals surface area (Å²) in [5, 5.41) is 3.73. The Morgan fingerprint density at radius 1 is 1.23 bits per heavy atom. The number of hydrogen-bond donors (Lipinski definition) is 1. The maximum absolute atomic E-state index is 12.5. The molecule has 1 aliphatic carbocycles. The molecule has 0 radical (unpaired) electrons. The summed E-state index contributed by atoms with van der Waals surface area (Å²) in [6.07, 6.45) is 6.10. The van der Waals surface area contributed by atoms with Crippen molar-refractivity contribution in [3.8, 4) is 0 Å². The van der Waals surface area contributed by atoms with Crippen LogP contribution in [0.15, 0.2) is 23.2 Å². The molecule has 1 heterocycles. The van der Waals surface area contributed by atoms with Crippen LogP contribution in [0.3, 0.4) is 0 Å². The third kappa shape index (κ3) is 3.05. The van der Waals surface area contributed by atoms with Crippen LogP contribution in [-0.4, -0.2) is 17.7 Å². The maximum Gasteiger partial charge on any atom is 0.249 e. The van der Waals surface area contributed by atoms with Crippen LogP contribution in [0.1, 0.15) is 51.5 Å². The van der Waals surface area contributed by atoms with E-state index in [1.54, 1.807) is 0 Å². The number of anilines is 1. The van der Waals surface area contributed by atoms with E-state index < -0.39 is 0 Å². The number of rotatable bonds is 2. The van der Waals surface area contributed by atoms with E-state index in [2.05, 4.69) is 19.2 Å². The predicted molar refractivity (Wildman–Crippen MR) is 91.8 cm³/mol. The molecule has 0 aromatic heterocycles. The molecule has 0 saturated heterocycles. The molecular weight excluding hydrogens is 296 g/mol. The van der Waals surface area contributed by atoms with Crippen LogP contribution in [0.5, 0.6) is 0 Å². The number of halogens is 1. The minimum absolute atomic E-state index is 0.00983. The smallest absolute Gasteiger partial charge is 0.249 e. The van der Waals surface area contributed by atoms with Crippen molar-refractivity contribution in [2.45, 2.75) is 52.0 Å². The van der Waals surface area contributed by atoms with E-state index in [0.29, 0.717) is 10.9 Å². The number of carbonyl (C=O) groups excluding carboxylic acids is 1. The van der Waals surface area contributed by atoms with Gasteiger partial charge >= 0.3 is 0 Å². The van der Waals surface area contributed by atoms with Crippen LogP contribution >= 0.6 is 11.6 Å². The fourth-order valence-corrected chi connectivity index (χ4v) is 3.65. The topological polar surface area (TPSA) is 41.5 Å². The summed E-state index contributed by atoms with van der Waals surface area (Å²) in [7, 11) is 0. The standard InChI is InChI=1S/C18H23ClN2O/c1-11(2)16-18(22)20-15-9-8-13(19)10-14(15)17(21-16)12-6-4-3-5-7-12/h8-12,16H,3-7H2,1-2H3,(H,20,22). The fourth-order valence-electron chi connectivity index (χ4n) is 3.48. The number of hydrogen-bond acceptors (Lipinski definition) is 2. The summed E-state index contributed by atoms with van der Waals surface area (Å²) in [4.78, 5) is 17.4. The molecule has 22 heavy (non-hydrogen) atoms. The van der Waals surface area contributed by atoms with E-state index >= 15 is 0 Å². The van der Waals surface area contributed by atoms with Crippen molar-refractivity contribution in [3.05, 3.63) is 28.8 Å². The zero-order valence-corrected chi connectivity index (χ0v) is 14.0. The number of benzene rings is 1. The number of nitrogens with one attached hydrogen (secondary N) is 1. The molecule has 1 saturated carbocycles. The van der Waals surface area contributed by atoms with Crippen LogP contribution in [0.2, 0.25) is 5.02 Å². The molecule has 1 aliphatic heterocycles. The van der Waals surface area contributed by atoms with E-state index in [9.17, 15) is 4.79 Å². The number of carbonyl (C=O) groups is 1. The molecule has 1 fully saturated rings. The van der Waals surface area contributed by atoms with Gasteiger partial charge in [0.05, 0.1) is 0 Å². The van der Waals surface area contributed by atoms with Crippen molar-refractivity contribution in [1.82, 2.24) is 0 Å². The zero-order valence-electron chi connectivity index (χ0n) is 13.2. The molecule has 3 nitrogen and oxygen atoms in total. The monoisotopic (exact) mass is 318 g/mol. The molecule has 0 spiro atoms. The van der Waals surface area contributed by atoms with Crippen molar-refractivity contribution in [2.24, 2.45) is 16.8 Å². The molecular formula is C18H23ClN2O. The van der Waals surface area contributed by atoms with Gasteiger partial charge in [-0.3, -0.25) is 9.79 Å². The van der Waals surface area contributed by atoms with Crippen LogP contribution in [0, 0.1) is 11.8 Å². The minimum atomic E-state index is -0.317. The van der Waals surface area contributed by atoms with E-state index in [-0.39, 0.29) is 17.9 Å². The first-order chi connectivity index (χ1) is 10.6. The van der Waals surface area contributed by atoms with Crippen molar-refractivity contribution in [3.63, 3.8) is 0 Å². The summed E-state index contributed by atoms with van der Waals surface area (Å²) in [6, 6.07) is 5.36. The molecule has 1 atom stereocenters.